The summed E-state index contributed by atoms with van der Waals surface area (Å²) in [4.78, 5) is 23.1. The van der Waals surface area contributed by atoms with Crippen LogP contribution in [0.5, 0.6) is 0 Å². The van der Waals surface area contributed by atoms with Crippen LogP contribution in [0.4, 0.5) is 11.4 Å². The lowest BCUT2D eigenvalue weighted by Gasteiger charge is -2.06. The molecule has 5 nitrogen and oxygen atoms in total. The topological polar surface area (TPSA) is 72.2 Å². The van der Waals surface area contributed by atoms with Crippen molar-refractivity contribution in [2.45, 2.75) is 0 Å². The second-order valence-electron chi connectivity index (χ2n) is 4.62. The number of nitro groups is 1. The Hall–Kier alpha value is -1.96. The van der Waals surface area contributed by atoms with Crippen LogP contribution >= 0.6 is 38.9 Å². The Balaban J connectivity index is 1.92. The van der Waals surface area contributed by atoms with Crippen LogP contribution < -0.4 is 5.32 Å². The number of halogens is 2. The third-order valence-corrected chi connectivity index (χ3v) is 5.48. The Morgan fingerprint density at radius 2 is 2.00 bits per heavy atom. The Kier molecular flexibility index (Phi) is 4.34. The van der Waals surface area contributed by atoms with E-state index in [9.17, 15) is 14.9 Å². The van der Waals surface area contributed by atoms with Gasteiger partial charge in [0.25, 0.3) is 11.6 Å². The molecule has 1 aromatic heterocycles. The summed E-state index contributed by atoms with van der Waals surface area (Å²) in [5.74, 6) is -0.356. The third-order valence-electron chi connectivity index (χ3n) is 3.15. The van der Waals surface area contributed by atoms with E-state index in [0.29, 0.717) is 20.1 Å². The average molecular weight is 412 g/mol. The number of hydrogen-bond donors (Lipinski definition) is 1. The number of carbonyl (C=O) groups excluding carboxylic acids is 1. The number of nitrogens with zero attached hydrogens (tertiary/aromatic N) is 1. The monoisotopic (exact) mass is 410 g/mol. The van der Waals surface area contributed by atoms with E-state index >= 15 is 0 Å². The van der Waals surface area contributed by atoms with Crippen LogP contribution in [0.1, 0.15) is 9.67 Å². The van der Waals surface area contributed by atoms with Crippen molar-refractivity contribution >= 4 is 66.2 Å². The van der Waals surface area contributed by atoms with E-state index in [1.54, 1.807) is 0 Å². The predicted molar refractivity (Wildman–Crippen MR) is 95.6 cm³/mol. The molecule has 0 aliphatic heterocycles. The van der Waals surface area contributed by atoms with Gasteiger partial charge in [-0.25, -0.2) is 0 Å². The van der Waals surface area contributed by atoms with Crippen LogP contribution in [0.3, 0.4) is 0 Å². The Labute approximate surface area is 148 Å². The smallest absolute Gasteiger partial charge is 0.270 e. The number of anilines is 1. The Morgan fingerprint density at radius 1 is 1.26 bits per heavy atom. The van der Waals surface area contributed by atoms with Gasteiger partial charge in [-0.3, -0.25) is 14.9 Å². The molecule has 8 heteroatoms. The molecule has 0 saturated heterocycles. The van der Waals surface area contributed by atoms with Gasteiger partial charge < -0.3 is 5.32 Å². The van der Waals surface area contributed by atoms with E-state index < -0.39 is 4.92 Å². The lowest BCUT2D eigenvalue weighted by atomic mass is 10.2. The fraction of sp³-hybridized carbons (Fsp3) is 0. The fourth-order valence-corrected chi connectivity index (χ4v) is 3.94. The molecule has 0 radical (unpaired) electrons. The van der Waals surface area contributed by atoms with E-state index in [0.717, 1.165) is 10.1 Å². The molecule has 0 unspecified atom stereocenters. The minimum absolute atomic E-state index is 0.0604. The standard InChI is InChI=1S/C15H8BrClN2O3S/c16-10-7-8(19(21)22)5-6-11(10)18-15(20)14-13(17)9-3-1-2-4-12(9)23-14/h1-7H,(H,18,20). The first-order valence-corrected chi connectivity index (χ1v) is 8.38. The quantitative estimate of drug-likeness (QED) is 0.458. The van der Waals surface area contributed by atoms with Gasteiger partial charge in [-0.15, -0.1) is 11.3 Å². The number of nitrogens with one attached hydrogen (secondary N) is 1. The van der Waals surface area contributed by atoms with Gasteiger partial charge in [0.05, 0.1) is 15.6 Å². The molecular weight excluding hydrogens is 404 g/mol. The molecule has 0 saturated carbocycles. The molecular formula is C15H8BrClN2O3S. The number of rotatable bonds is 3. The molecule has 0 atom stereocenters. The second-order valence-corrected chi connectivity index (χ2v) is 6.90. The minimum atomic E-state index is -0.501. The largest absolute Gasteiger partial charge is 0.320 e. The van der Waals surface area contributed by atoms with E-state index in [1.165, 1.54) is 29.5 Å². The maximum Gasteiger partial charge on any atom is 0.270 e. The normalized spacial score (nSPS) is 10.7. The summed E-state index contributed by atoms with van der Waals surface area (Å²) in [7, 11) is 0. The van der Waals surface area contributed by atoms with E-state index in [4.69, 9.17) is 11.6 Å². The lowest BCUT2D eigenvalue weighted by Crippen LogP contribution is -2.11. The first-order chi connectivity index (χ1) is 11.0. The Bertz CT molecular complexity index is 942. The number of benzene rings is 2. The molecule has 116 valence electrons. The van der Waals surface area contributed by atoms with Gasteiger partial charge in [-0.1, -0.05) is 29.8 Å². The van der Waals surface area contributed by atoms with E-state index in [-0.39, 0.29) is 11.6 Å². The van der Waals surface area contributed by atoms with Crippen molar-refractivity contribution in [3.8, 4) is 0 Å². The predicted octanol–water partition coefficient (Wildman–Crippen LogP) is 5.48. The summed E-state index contributed by atoms with van der Waals surface area (Å²) in [5, 5.41) is 14.7. The third kappa shape index (κ3) is 3.08. The van der Waals surface area contributed by atoms with Crippen molar-refractivity contribution in [1.29, 1.82) is 0 Å². The highest BCUT2D eigenvalue weighted by molar-refractivity contribution is 9.10. The number of fused-ring (bicyclic) bond motifs is 1. The van der Waals surface area contributed by atoms with Crippen molar-refractivity contribution in [2.24, 2.45) is 0 Å². The molecule has 0 fully saturated rings. The van der Waals surface area contributed by atoms with Crippen LogP contribution in [-0.2, 0) is 0 Å². The number of hydrogen-bond acceptors (Lipinski definition) is 4. The zero-order valence-corrected chi connectivity index (χ0v) is 14.5. The van der Waals surface area contributed by atoms with Gasteiger partial charge in [0, 0.05) is 26.7 Å². The maximum atomic E-state index is 12.4. The van der Waals surface area contributed by atoms with E-state index in [1.807, 2.05) is 24.3 Å². The SMILES string of the molecule is O=C(Nc1ccc([N+](=O)[O-])cc1Br)c1sc2ccccc2c1Cl. The molecule has 1 amide bonds. The lowest BCUT2D eigenvalue weighted by molar-refractivity contribution is -0.384. The number of carbonyl (C=O) groups is 1. The zero-order chi connectivity index (χ0) is 16.6. The van der Waals surface area contributed by atoms with Crippen LogP contribution in [0.15, 0.2) is 46.9 Å². The highest BCUT2D eigenvalue weighted by atomic mass is 79.9. The highest BCUT2D eigenvalue weighted by Gasteiger charge is 2.18. The summed E-state index contributed by atoms with van der Waals surface area (Å²) in [6.45, 7) is 0. The number of nitro benzene ring substituents is 1. The summed E-state index contributed by atoms with van der Waals surface area (Å²) in [5.41, 5.74) is 0.379. The second kappa shape index (κ2) is 6.27. The number of non-ortho nitro benzene ring substituents is 1. The van der Waals surface area contributed by atoms with Gasteiger partial charge in [0.15, 0.2) is 0 Å². The van der Waals surface area contributed by atoms with Gasteiger partial charge in [0.2, 0.25) is 0 Å². The molecule has 1 heterocycles. The van der Waals surface area contributed by atoms with Gasteiger partial charge in [-0.2, -0.15) is 0 Å². The number of amides is 1. The van der Waals surface area contributed by atoms with Crippen LogP contribution in [-0.4, -0.2) is 10.8 Å². The first kappa shape index (κ1) is 15.9. The minimum Gasteiger partial charge on any atom is -0.320 e. The van der Waals surface area contributed by atoms with E-state index in [2.05, 4.69) is 21.2 Å². The van der Waals surface area contributed by atoms with Crippen LogP contribution in [0, 0.1) is 10.1 Å². The molecule has 0 spiro atoms. The fourth-order valence-electron chi connectivity index (χ4n) is 2.06. The zero-order valence-electron chi connectivity index (χ0n) is 11.4. The van der Waals surface area contributed by atoms with Gasteiger partial charge in [0.1, 0.15) is 4.88 Å². The molecule has 2 aromatic carbocycles. The van der Waals surface area contributed by atoms with Crippen molar-refractivity contribution in [2.75, 3.05) is 5.32 Å². The molecule has 3 rings (SSSR count). The first-order valence-electron chi connectivity index (χ1n) is 6.39. The van der Waals surface area contributed by atoms with Crippen LogP contribution in [0.25, 0.3) is 10.1 Å². The molecule has 1 N–H and O–H groups in total. The molecule has 0 aliphatic carbocycles. The summed E-state index contributed by atoms with van der Waals surface area (Å²) >= 11 is 10.8. The summed E-state index contributed by atoms with van der Waals surface area (Å²) in [6.07, 6.45) is 0. The number of thiophene rings is 1. The van der Waals surface area contributed by atoms with Gasteiger partial charge in [-0.05, 0) is 28.1 Å². The van der Waals surface area contributed by atoms with Crippen molar-refractivity contribution in [3.05, 3.63) is 67.0 Å². The average Bonchev–Trinajstić information content (AvgIpc) is 2.87. The Morgan fingerprint density at radius 3 is 2.65 bits per heavy atom. The van der Waals surface area contributed by atoms with Crippen molar-refractivity contribution < 1.29 is 9.72 Å². The molecule has 23 heavy (non-hydrogen) atoms. The molecule has 0 bridgehead atoms. The van der Waals surface area contributed by atoms with Crippen molar-refractivity contribution in [1.82, 2.24) is 0 Å². The highest BCUT2D eigenvalue weighted by Crippen LogP contribution is 2.36. The maximum absolute atomic E-state index is 12.4. The van der Waals surface area contributed by atoms with Crippen molar-refractivity contribution in [3.63, 3.8) is 0 Å². The summed E-state index contributed by atoms with van der Waals surface area (Å²) < 4.78 is 1.35. The molecule has 3 aromatic rings. The summed E-state index contributed by atoms with van der Waals surface area (Å²) in [6, 6.07) is 11.6. The van der Waals surface area contributed by atoms with Gasteiger partial charge >= 0.3 is 0 Å². The molecule has 0 aliphatic rings. The van der Waals surface area contributed by atoms with Crippen LogP contribution in [0.2, 0.25) is 5.02 Å².